The minimum atomic E-state index is -3.47. The SMILES string of the molecule is CC(C)S(=O)(=O)c1csc(C(=O)NC2CCN(C)C2)c1Cl. The van der Waals surface area contributed by atoms with Crippen molar-refractivity contribution in [3.05, 3.63) is 15.3 Å². The first-order valence-corrected chi connectivity index (χ1v) is 9.54. The highest BCUT2D eigenvalue weighted by atomic mass is 35.5. The molecule has 118 valence electrons. The fraction of sp³-hybridized carbons (Fsp3) is 0.615. The Bertz CT molecular complexity index is 640. The summed E-state index contributed by atoms with van der Waals surface area (Å²) in [6, 6.07) is 0.0887. The predicted molar refractivity (Wildman–Crippen MR) is 85.0 cm³/mol. The molecule has 0 saturated carbocycles. The van der Waals surface area contributed by atoms with Crippen LogP contribution in [0.5, 0.6) is 0 Å². The molecule has 0 spiro atoms. The Morgan fingerprint density at radius 2 is 2.19 bits per heavy atom. The number of carbonyl (C=O) groups is 1. The molecule has 2 rings (SSSR count). The van der Waals surface area contributed by atoms with Crippen LogP contribution in [0.3, 0.4) is 0 Å². The van der Waals surface area contributed by atoms with Gasteiger partial charge in [0.15, 0.2) is 9.84 Å². The van der Waals surface area contributed by atoms with Crippen LogP contribution in [0.15, 0.2) is 10.3 Å². The van der Waals surface area contributed by atoms with Crippen LogP contribution in [0.25, 0.3) is 0 Å². The quantitative estimate of drug-likeness (QED) is 0.902. The molecule has 1 N–H and O–H groups in total. The number of likely N-dealkylation sites (tertiary alicyclic amines) is 1. The third kappa shape index (κ3) is 3.41. The molecule has 1 aliphatic heterocycles. The molecule has 8 heteroatoms. The molecule has 1 atom stereocenters. The minimum Gasteiger partial charge on any atom is -0.347 e. The summed E-state index contributed by atoms with van der Waals surface area (Å²) in [7, 11) is -1.47. The molecule has 1 fully saturated rings. The number of sulfone groups is 1. The number of thiophene rings is 1. The summed E-state index contributed by atoms with van der Waals surface area (Å²) in [5.74, 6) is -0.296. The van der Waals surface area contributed by atoms with E-state index in [4.69, 9.17) is 11.6 Å². The van der Waals surface area contributed by atoms with Crippen molar-refractivity contribution in [1.29, 1.82) is 0 Å². The molecule has 0 radical (unpaired) electrons. The van der Waals surface area contributed by atoms with Gasteiger partial charge in [0.2, 0.25) is 0 Å². The number of hydrogen-bond acceptors (Lipinski definition) is 5. The van der Waals surface area contributed by atoms with E-state index in [1.807, 2.05) is 7.05 Å². The number of nitrogens with zero attached hydrogens (tertiary/aromatic N) is 1. The fourth-order valence-corrected chi connectivity index (χ4v) is 5.22. The normalized spacial score (nSPS) is 20.1. The van der Waals surface area contributed by atoms with Crippen LogP contribution in [0, 0.1) is 0 Å². The molecule has 5 nitrogen and oxygen atoms in total. The predicted octanol–water partition coefficient (Wildman–Crippen LogP) is 2.02. The molecule has 21 heavy (non-hydrogen) atoms. The first kappa shape index (κ1) is 16.7. The van der Waals surface area contributed by atoms with Crippen molar-refractivity contribution in [1.82, 2.24) is 10.2 Å². The summed E-state index contributed by atoms with van der Waals surface area (Å²) in [5, 5.41) is 3.84. The zero-order valence-corrected chi connectivity index (χ0v) is 14.6. The molecule has 1 unspecified atom stereocenters. The van der Waals surface area contributed by atoms with Gasteiger partial charge in [0.05, 0.1) is 15.2 Å². The van der Waals surface area contributed by atoms with E-state index in [1.54, 1.807) is 13.8 Å². The van der Waals surface area contributed by atoms with Gasteiger partial charge in [-0.15, -0.1) is 11.3 Å². The smallest absolute Gasteiger partial charge is 0.263 e. The Labute approximate surface area is 134 Å². The van der Waals surface area contributed by atoms with Crippen LogP contribution in [0.4, 0.5) is 0 Å². The van der Waals surface area contributed by atoms with Gasteiger partial charge in [-0.3, -0.25) is 4.79 Å². The standard InChI is InChI=1S/C13H19ClN2O3S2/c1-8(2)21(18,19)10-7-20-12(11(10)14)13(17)15-9-4-5-16(3)6-9/h7-9H,4-6H2,1-3H3,(H,15,17). The second-order valence-corrected chi connectivity index (χ2v) is 9.29. The first-order chi connectivity index (χ1) is 9.73. The fourth-order valence-electron chi connectivity index (χ4n) is 2.23. The third-order valence-corrected chi connectivity index (χ3v) is 7.48. The number of rotatable bonds is 4. The summed E-state index contributed by atoms with van der Waals surface area (Å²) < 4.78 is 24.3. The Balaban J connectivity index is 2.19. The molecular weight excluding hydrogens is 332 g/mol. The molecule has 0 aliphatic carbocycles. The second-order valence-electron chi connectivity index (χ2n) is 5.56. The number of hydrogen-bond donors (Lipinski definition) is 1. The maximum atomic E-state index is 12.2. The highest BCUT2D eigenvalue weighted by Gasteiger charge is 2.29. The van der Waals surface area contributed by atoms with Gasteiger partial charge in [0.25, 0.3) is 5.91 Å². The number of amides is 1. The van der Waals surface area contributed by atoms with Crippen LogP contribution in [-0.2, 0) is 9.84 Å². The van der Waals surface area contributed by atoms with Crippen molar-refractivity contribution in [2.24, 2.45) is 0 Å². The maximum absolute atomic E-state index is 12.2. The van der Waals surface area contributed by atoms with Gasteiger partial charge in [-0.1, -0.05) is 11.6 Å². The van der Waals surface area contributed by atoms with Gasteiger partial charge < -0.3 is 10.2 Å². The summed E-state index contributed by atoms with van der Waals surface area (Å²) in [4.78, 5) is 14.7. The average molecular weight is 351 g/mol. The van der Waals surface area contributed by atoms with Crippen molar-refractivity contribution >= 4 is 38.7 Å². The van der Waals surface area contributed by atoms with Crippen LogP contribution < -0.4 is 5.32 Å². The van der Waals surface area contributed by atoms with Gasteiger partial charge in [-0.2, -0.15) is 0 Å². The number of halogens is 1. The topological polar surface area (TPSA) is 66.5 Å². The Morgan fingerprint density at radius 3 is 2.71 bits per heavy atom. The molecule has 2 heterocycles. The van der Waals surface area contributed by atoms with E-state index in [-0.39, 0.29) is 26.7 Å². The Morgan fingerprint density at radius 1 is 1.52 bits per heavy atom. The van der Waals surface area contributed by atoms with Crippen LogP contribution in [0.2, 0.25) is 5.02 Å². The molecule has 0 aromatic carbocycles. The maximum Gasteiger partial charge on any atom is 0.263 e. The molecule has 1 aliphatic rings. The van der Waals surface area contributed by atoms with Crippen LogP contribution >= 0.6 is 22.9 Å². The van der Waals surface area contributed by atoms with Crippen molar-refractivity contribution in [3.63, 3.8) is 0 Å². The second kappa shape index (κ2) is 6.24. The van der Waals surface area contributed by atoms with E-state index in [9.17, 15) is 13.2 Å². The first-order valence-electron chi connectivity index (χ1n) is 6.73. The van der Waals surface area contributed by atoms with Gasteiger partial charge in [0, 0.05) is 18.0 Å². The largest absolute Gasteiger partial charge is 0.347 e. The molecule has 1 saturated heterocycles. The highest BCUT2D eigenvalue weighted by molar-refractivity contribution is 7.92. The molecule has 1 aromatic rings. The summed E-state index contributed by atoms with van der Waals surface area (Å²) in [6.45, 7) is 4.93. The number of carbonyl (C=O) groups excluding carboxylic acids is 1. The molecule has 0 bridgehead atoms. The monoisotopic (exact) mass is 350 g/mol. The zero-order chi connectivity index (χ0) is 15.8. The van der Waals surface area contributed by atoms with E-state index >= 15 is 0 Å². The van der Waals surface area contributed by atoms with Crippen molar-refractivity contribution in [2.45, 2.75) is 36.5 Å². The molecule has 1 amide bonds. The van der Waals surface area contributed by atoms with Crippen LogP contribution in [-0.4, -0.2) is 50.7 Å². The van der Waals surface area contributed by atoms with Gasteiger partial charge in [-0.25, -0.2) is 8.42 Å². The zero-order valence-electron chi connectivity index (χ0n) is 12.2. The highest BCUT2D eigenvalue weighted by Crippen LogP contribution is 2.33. The molecule has 1 aromatic heterocycles. The van der Waals surface area contributed by atoms with E-state index in [0.29, 0.717) is 0 Å². The Hall–Kier alpha value is -0.630. The molecular formula is C13H19ClN2O3S2. The lowest BCUT2D eigenvalue weighted by atomic mass is 10.2. The Kier molecular flexibility index (Phi) is 4.97. The van der Waals surface area contributed by atoms with E-state index in [0.717, 1.165) is 30.8 Å². The van der Waals surface area contributed by atoms with E-state index < -0.39 is 15.1 Å². The summed E-state index contributed by atoms with van der Waals surface area (Å²) in [5.41, 5.74) is 0. The van der Waals surface area contributed by atoms with Gasteiger partial charge in [-0.05, 0) is 33.9 Å². The lowest BCUT2D eigenvalue weighted by Crippen LogP contribution is -2.36. The van der Waals surface area contributed by atoms with Gasteiger partial charge in [0.1, 0.15) is 4.88 Å². The number of nitrogens with one attached hydrogen (secondary N) is 1. The summed E-state index contributed by atoms with van der Waals surface area (Å²) in [6.07, 6.45) is 0.891. The summed E-state index contributed by atoms with van der Waals surface area (Å²) >= 11 is 7.20. The third-order valence-electron chi connectivity index (χ3n) is 3.56. The van der Waals surface area contributed by atoms with Crippen LogP contribution in [0.1, 0.15) is 29.9 Å². The van der Waals surface area contributed by atoms with E-state index in [2.05, 4.69) is 10.2 Å². The lowest BCUT2D eigenvalue weighted by Gasteiger charge is -2.12. The van der Waals surface area contributed by atoms with Crippen molar-refractivity contribution in [3.8, 4) is 0 Å². The van der Waals surface area contributed by atoms with E-state index in [1.165, 1.54) is 5.38 Å². The average Bonchev–Trinajstić information content (AvgIpc) is 2.95. The minimum absolute atomic E-state index is 0.0394. The van der Waals surface area contributed by atoms with Crippen molar-refractivity contribution < 1.29 is 13.2 Å². The number of likely N-dealkylation sites (N-methyl/N-ethyl adjacent to an activating group) is 1. The van der Waals surface area contributed by atoms with Gasteiger partial charge >= 0.3 is 0 Å². The van der Waals surface area contributed by atoms with Crippen molar-refractivity contribution in [2.75, 3.05) is 20.1 Å². The lowest BCUT2D eigenvalue weighted by molar-refractivity contribution is 0.0942.